The van der Waals surface area contributed by atoms with Gasteiger partial charge in [0.05, 0.1) is 27.6 Å². The Hall–Kier alpha value is -1.45. The van der Waals surface area contributed by atoms with Gasteiger partial charge in [0.15, 0.2) is 5.71 Å². The quantitative estimate of drug-likeness (QED) is 0.0711. The summed E-state index contributed by atoms with van der Waals surface area (Å²) in [5.74, 6) is -1.41. The van der Waals surface area contributed by atoms with E-state index >= 15 is 0 Å². The molecule has 1 unspecified atom stereocenters. The molecule has 0 bridgehead atoms. The van der Waals surface area contributed by atoms with Gasteiger partial charge in [0.1, 0.15) is 16.7 Å². The molecule has 53 heavy (non-hydrogen) atoms. The van der Waals surface area contributed by atoms with Gasteiger partial charge in [-0.05, 0) is 88.4 Å². The van der Waals surface area contributed by atoms with Crippen LogP contribution in [-0.4, -0.2) is 92.8 Å². The zero-order chi connectivity index (χ0) is 38.0. The normalized spacial score (nSPS) is 18.9. The fourth-order valence-electron chi connectivity index (χ4n) is 6.99. The molecule has 0 amide bonds. The van der Waals surface area contributed by atoms with E-state index in [0.717, 1.165) is 5.71 Å². The summed E-state index contributed by atoms with van der Waals surface area (Å²) in [6, 6.07) is 8.46. The fourth-order valence-corrected chi connectivity index (χ4v) is 8.50. The molecule has 1 atom stereocenters. The van der Waals surface area contributed by atoms with Gasteiger partial charge in [-0.1, -0.05) is 6.08 Å². The molecule has 4 rings (SSSR count). The van der Waals surface area contributed by atoms with Gasteiger partial charge in [0.25, 0.3) is 20.2 Å². The third-order valence-corrected chi connectivity index (χ3v) is 12.0. The van der Waals surface area contributed by atoms with Crippen LogP contribution in [0.4, 0.5) is 11.4 Å². The van der Waals surface area contributed by atoms with Gasteiger partial charge in [-0.25, -0.2) is 8.42 Å². The molecule has 0 saturated carbocycles. The number of aliphatic carboxylic acids is 1. The Morgan fingerprint density at radius 1 is 0.925 bits per heavy atom. The van der Waals surface area contributed by atoms with Crippen molar-refractivity contribution < 1.29 is 117 Å². The van der Waals surface area contributed by atoms with Crippen LogP contribution in [0, 0.1) is 0 Å². The van der Waals surface area contributed by atoms with Gasteiger partial charge in [-0.3, -0.25) is 13.9 Å². The Morgan fingerprint density at radius 2 is 1.57 bits per heavy atom. The smallest absolute Gasteiger partial charge is 0.744 e. The Morgan fingerprint density at radius 3 is 2.15 bits per heavy atom. The van der Waals surface area contributed by atoms with Crippen LogP contribution in [0.25, 0.3) is 0 Å². The summed E-state index contributed by atoms with van der Waals surface area (Å²) in [7, 11) is -12.1. The van der Waals surface area contributed by atoms with Crippen molar-refractivity contribution in [1.29, 1.82) is 0 Å². The van der Waals surface area contributed by atoms with Gasteiger partial charge < -0.3 is 19.3 Å². The van der Waals surface area contributed by atoms with E-state index in [0.29, 0.717) is 60.6 Å². The monoisotopic (exact) mass is 814 g/mol. The van der Waals surface area contributed by atoms with Crippen LogP contribution in [-0.2, 0) is 50.7 Å². The minimum atomic E-state index is -4.74. The van der Waals surface area contributed by atoms with Crippen LogP contribution < -0.4 is 64.0 Å². The van der Waals surface area contributed by atoms with E-state index in [-0.39, 0.29) is 94.8 Å². The molecule has 3 N–H and O–H groups in total. The molecule has 0 radical (unpaired) electrons. The number of carbonyl (C=O) groups is 1. The molecule has 0 spiro atoms. The minimum Gasteiger partial charge on any atom is -0.744 e. The van der Waals surface area contributed by atoms with Gasteiger partial charge in [0.2, 0.25) is 5.69 Å². The van der Waals surface area contributed by atoms with Crippen molar-refractivity contribution in [1.82, 2.24) is 0 Å². The Kier molecular flexibility index (Phi) is 16.8. The Labute approximate surface area is 356 Å². The maximum Gasteiger partial charge on any atom is 1.00 e. The second-order valence-electron chi connectivity index (χ2n) is 13.4. The summed E-state index contributed by atoms with van der Waals surface area (Å²) in [5, 5.41) is 9.05. The molecule has 0 aromatic heterocycles. The predicted octanol–water partition coefficient (Wildman–Crippen LogP) is -1.60. The van der Waals surface area contributed by atoms with Crippen LogP contribution in [0.5, 0.6) is 0 Å². The van der Waals surface area contributed by atoms with Crippen molar-refractivity contribution >= 4 is 53.4 Å². The van der Waals surface area contributed by atoms with Crippen molar-refractivity contribution in [3.63, 3.8) is 0 Å². The van der Waals surface area contributed by atoms with Gasteiger partial charge >= 0.3 is 65.1 Å². The average molecular weight is 815 g/mol. The topological polar surface area (TPSA) is 219 Å². The molecule has 0 aliphatic carbocycles. The predicted molar refractivity (Wildman–Crippen MR) is 189 cm³/mol. The first-order valence-corrected chi connectivity index (χ1v) is 20.8. The van der Waals surface area contributed by atoms with Crippen LogP contribution in [0.1, 0.15) is 70.4 Å². The van der Waals surface area contributed by atoms with E-state index in [1.807, 2.05) is 42.4 Å². The molecular formula is C34H44N2Na2O12S3+2. The van der Waals surface area contributed by atoms with E-state index < -0.39 is 52.9 Å². The molecular weight excluding hydrogens is 771 g/mol. The third kappa shape index (κ3) is 11.3. The van der Waals surface area contributed by atoms with E-state index in [4.69, 9.17) is 9.84 Å². The number of allylic oxidation sites excluding steroid dienone is 4. The first-order chi connectivity index (χ1) is 23.6. The van der Waals surface area contributed by atoms with E-state index in [1.165, 1.54) is 31.4 Å². The number of unbranched alkanes of at least 4 members (excludes halogenated alkanes) is 2. The average Bonchev–Trinajstić information content (AvgIpc) is 3.37. The molecule has 280 valence electrons. The molecule has 2 aliphatic heterocycles. The molecule has 2 aromatic carbocycles. The number of fused-ring (bicyclic) bond motifs is 2. The third-order valence-electron chi connectivity index (χ3n) is 9.54. The zero-order valence-corrected chi connectivity index (χ0v) is 37.4. The number of benzene rings is 2. The molecule has 2 aliphatic rings. The summed E-state index contributed by atoms with van der Waals surface area (Å²) < 4.78 is 110. The summed E-state index contributed by atoms with van der Waals surface area (Å²) in [6.45, 7) is 6.72. The number of nitrogens with zero attached hydrogens (tertiary/aromatic N) is 2. The molecule has 0 saturated heterocycles. The minimum absolute atomic E-state index is 0. The molecule has 14 nitrogen and oxygen atoms in total. The van der Waals surface area contributed by atoms with E-state index in [2.05, 4.69) is 0 Å². The first-order valence-electron chi connectivity index (χ1n) is 16.3. The van der Waals surface area contributed by atoms with Crippen molar-refractivity contribution in [2.24, 2.45) is 0 Å². The second kappa shape index (κ2) is 18.7. The summed E-state index contributed by atoms with van der Waals surface area (Å²) >= 11 is 0. The number of rotatable bonds is 17. The fraction of sp³-hybridized carbons (Fsp3) is 0.471. The number of anilines is 1. The van der Waals surface area contributed by atoms with E-state index in [1.54, 1.807) is 18.2 Å². The Bertz CT molecular complexity index is 2120. The van der Waals surface area contributed by atoms with Gasteiger partial charge in [-0.2, -0.15) is 21.4 Å². The molecule has 2 heterocycles. The number of carboxylic acids is 1. The zero-order valence-electron chi connectivity index (χ0n) is 30.9. The SMILES string of the molecule is COCCN1C(=CC=CC2=[N+](CCCCCC(=O)O)c3ccc(S(=O)(=O)[O-])cc3C2(C)C)C(C)(CCCS(=O)(=O)O)c2cc(S(=O)(=O)O)ccc21.[Na+].[Na+]. The van der Waals surface area contributed by atoms with E-state index in [9.17, 15) is 43.7 Å². The number of carboxylic acid groups (broad SMARTS) is 1. The summed E-state index contributed by atoms with van der Waals surface area (Å²) in [4.78, 5) is 12.3. The first kappa shape index (κ1) is 47.7. The van der Waals surface area contributed by atoms with Crippen molar-refractivity contribution in [3.05, 3.63) is 71.5 Å². The van der Waals surface area contributed by atoms with Gasteiger partial charge in [-0.15, -0.1) is 0 Å². The maximum absolute atomic E-state index is 12.1. The van der Waals surface area contributed by atoms with Crippen molar-refractivity contribution in [2.75, 3.05) is 37.5 Å². The van der Waals surface area contributed by atoms with Crippen molar-refractivity contribution in [2.45, 2.75) is 79.9 Å². The second-order valence-corrected chi connectivity index (χ2v) is 17.8. The van der Waals surface area contributed by atoms with Crippen LogP contribution in [0.15, 0.2) is 70.1 Å². The number of methoxy groups -OCH3 is 1. The standard InChI is InChI=1S/C34H44N2O12S3.2Na/c1-33(2)26-22-24(50(42,43)44)13-15-28(26)35(18-7-5-6-12-32(37)38)30(33)10-8-11-31-34(3,17-9-21-49(39,40)41)27-23-25(51(45,46)47)14-16-29(27)36(31)19-20-48-4;;/h8,10-11,13-16,22-23H,5-7,9,12,17-21H2,1-4H3,(H3-,37,38,39,40,41,42,43,44,45,46,47);;/q;2*+1. The summed E-state index contributed by atoms with van der Waals surface area (Å²) in [5.41, 5.74) is 2.17. The molecule has 19 heteroatoms. The number of hydrogen-bond acceptors (Lipinski definition) is 10. The van der Waals surface area contributed by atoms with Crippen LogP contribution in [0.3, 0.4) is 0 Å². The summed E-state index contributed by atoms with van der Waals surface area (Å²) in [6.07, 6.45) is 7.46. The number of ether oxygens (including phenoxy) is 1. The largest absolute Gasteiger partial charge is 1.00 e. The van der Waals surface area contributed by atoms with Crippen LogP contribution in [0.2, 0.25) is 0 Å². The molecule has 0 fully saturated rings. The van der Waals surface area contributed by atoms with Gasteiger partial charge in [0, 0.05) is 61.0 Å². The van der Waals surface area contributed by atoms with Crippen LogP contribution >= 0.6 is 0 Å². The molecule has 2 aromatic rings. The number of hydrogen-bond donors (Lipinski definition) is 3. The Balaban J connectivity index is 0.00000486. The maximum atomic E-state index is 12.1. The van der Waals surface area contributed by atoms with Crippen molar-refractivity contribution in [3.8, 4) is 0 Å².